The summed E-state index contributed by atoms with van der Waals surface area (Å²) in [4.78, 5) is 25.3. The Morgan fingerprint density at radius 1 is 0.839 bits per heavy atom. The van der Waals surface area contributed by atoms with Crippen molar-refractivity contribution in [1.82, 2.24) is 35.3 Å². The van der Waals surface area contributed by atoms with Crippen LogP contribution in [-0.4, -0.2) is 35.3 Å². The maximum absolute atomic E-state index is 11.7. The van der Waals surface area contributed by atoms with Crippen LogP contribution in [0.3, 0.4) is 0 Å². The van der Waals surface area contributed by atoms with Crippen LogP contribution < -0.4 is 16.2 Å². The largest absolute Gasteiger partial charge is 0.324 e. The Labute approximate surface area is 173 Å². The van der Waals surface area contributed by atoms with Crippen LogP contribution in [-0.2, 0) is 0 Å². The van der Waals surface area contributed by atoms with Gasteiger partial charge in [-0.15, -0.1) is 0 Å². The van der Waals surface area contributed by atoms with E-state index in [9.17, 15) is 4.79 Å². The average molecular weight is 409 g/mol. The van der Waals surface area contributed by atoms with E-state index < -0.39 is 0 Å². The standard InChI is InChI=1S/C21H15N9O/c31-20-13-8-7-11(10-16(13)27-30-20)23-21-24-15-6-2-1-4-12(15)18(26-21)25-19-14-5-3-9-22-17(14)28-29-19/h1-10H,(H2,27,30,31)(H3,22,23,24,25,26,28,29). The summed E-state index contributed by atoms with van der Waals surface area (Å²) in [6.45, 7) is 0. The van der Waals surface area contributed by atoms with Crippen LogP contribution in [0.1, 0.15) is 0 Å². The number of aromatic amines is 3. The Kier molecular flexibility index (Phi) is 3.69. The third kappa shape index (κ3) is 2.94. The van der Waals surface area contributed by atoms with Crippen LogP contribution >= 0.6 is 0 Å². The number of nitrogens with one attached hydrogen (secondary N) is 5. The van der Waals surface area contributed by atoms with Gasteiger partial charge in [-0.1, -0.05) is 12.1 Å². The molecule has 0 amide bonds. The third-order valence-electron chi connectivity index (χ3n) is 5.01. The van der Waals surface area contributed by atoms with Crippen LogP contribution in [0.25, 0.3) is 32.8 Å². The van der Waals surface area contributed by atoms with Crippen molar-refractivity contribution in [3.63, 3.8) is 0 Å². The summed E-state index contributed by atoms with van der Waals surface area (Å²) in [6, 6.07) is 16.9. The molecule has 0 unspecified atom stereocenters. The first-order valence-corrected chi connectivity index (χ1v) is 9.55. The van der Waals surface area contributed by atoms with E-state index in [2.05, 4.69) is 46.0 Å². The number of H-pyrrole nitrogens is 3. The molecule has 0 saturated heterocycles. The molecule has 0 aliphatic heterocycles. The number of para-hydroxylation sites is 1. The fourth-order valence-corrected chi connectivity index (χ4v) is 3.54. The molecule has 2 aromatic carbocycles. The van der Waals surface area contributed by atoms with Crippen LogP contribution in [0.15, 0.2) is 65.6 Å². The van der Waals surface area contributed by atoms with E-state index >= 15 is 0 Å². The molecule has 10 nitrogen and oxygen atoms in total. The summed E-state index contributed by atoms with van der Waals surface area (Å²) in [5.74, 6) is 1.74. The predicted molar refractivity (Wildman–Crippen MR) is 119 cm³/mol. The first-order valence-electron chi connectivity index (χ1n) is 9.55. The zero-order valence-electron chi connectivity index (χ0n) is 16.0. The third-order valence-corrected chi connectivity index (χ3v) is 5.01. The molecule has 4 heterocycles. The molecule has 31 heavy (non-hydrogen) atoms. The van der Waals surface area contributed by atoms with Crippen molar-refractivity contribution in [2.45, 2.75) is 0 Å². The highest BCUT2D eigenvalue weighted by Gasteiger charge is 2.12. The molecule has 0 radical (unpaired) electrons. The van der Waals surface area contributed by atoms with Crippen molar-refractivity contribution in [2.24, 2.45) is 0 Å². The number of anilines is 4. The first-order chi connectivity index (χ1) is 15.2. The minimum atomic E-state index is -0.156. The molecule has 0 saturated carbocycles. The molecule has 4 aromatic heterocycles. The van der Waals surface area contributed by atoms with Gasteiger partial charge in [0.2, 0.25) is 5.95 Å². The Hall–Kier alpha value is -4.73. The van der Waals surface area contributed by atoms with Gasteiger partial charge in [0.05, 0.1) is 21.8 Å². The summed E-state index contributed by atoms with van der Waals surface area (Å²) in [6.07, 6.45) is 1.70. The molecule has 0 aliphatic carbocycles. The van der Waals surface area contributed by atoms with E-state index in [1.807, 2.05) is 48.5 Å². The molecule has 6 aromatic rings. The lowest BCUT2D eigenvalue weighted by atomic mass is 10.2. The molecular weight excluding hydrogens is 394 g/mol. The quantitative estimate of drug-likeness (QED) is 0.300. The molecule has 5 N–H and O–H groups in total. The molecule has 0 fully saturated rings. The highest BCUT2D eigenvalue weighted by molar-refractivity contribution is 5.96. The van der Waals surface area contributed by atoms with Gasteiger partial charge in [-0.2, -0.15) is 10.1 Å². The van der Waals surface area contributed by atoms with Crippen molar-refractivity contribution >= 4 is 56.1 Å². The summed E-state index contributed by atoms with van der Waals surface area (Å²) >= 11 is 0. The highest BCUT2D eigenvalue weighted by atomic mass is 16.1. The topological polar surface area (TPSA) is 140 Å². The van der Waals surface area contributed by atoms with E-state index in [0.717, 1.165) is 22.0 Å². The Bertz CT molecular complexity index is 1630. The summed E-state index contributed by atoms with van der Waals surface area (Å²) in [5, 5.41) is 21.5. The van der Waals surface area contributed by atoms with Gasteiger partial charge < -0.3 is 10.6 Å². The molecule has 150 valence electrons. The van der Waals surface area contributed by atoms with E-state index in [4.69, 9.17) is 0 Å². The molecule has 0 spiro atoms. The molecule has 0 bridgehead atoms. The van der Waals surface area contributed by atoms with Crippen molar-refractivity contribution in [3.05, 3.63) is 71.1 Å². The number of pyridine rings is 1. The maximum Gasteiger partial charge on any atom is 0.271 e. The Morgan fingerprint density at radius 2 is 1.74 bits per heavy atom. The van der Waals surface area contributed by atoms with Crippen molar-refractivity contribution in [3.8, 4) is 0 Å². The van der Waals surface area contributed by atoms with Gasteiger partial charge in [0, 0.05) is 17.3 Å². The van der Waals surface area contributed by atoms with Crippen molar-refractivity contribution in [1.29, 1.82) is 0 Å². The maximum atomic E-state index is 11.7. The number of aromatic nitrogens is 7. The summed E-state index contributed by atoms with van der Waals surface area (Å²) in [7, 11) is 0. The second-order valence-corrected chi connectivity index (χ2v) is 6.98. The van der Waals surface area contributed by atoms with Crippen LogP contribution in [0.4, 0.5) is 23.3 Å². The number of benzene rings is 2. The second kappa shape index (κ2) is 6.66. The number of rotatable bonds is 4. The van der Waals surface area contributed by atoms with Crippen molar-refractivity contribution in [2.75, 3.05) is 10.6 Å². The van der Waals surface area contributed by atoms with Crippen molar-refractivity contribution < 1.29 is 0 Å². The normalized spacial score (nSPS) is 11.4. The second-order valence-electron chi connectivity index (χ2n) is 6.98. The minimum absolute atomic E-state index is 0.156. The molecule has 0 atom stereocenters. The van der Waals surface area contributed by atoms with E-state index in [0.29, 0.717) is 34.1 Å². The molecule has 6 rings (SSSR count). The molecule has 0 aliphatic rings. The number of nitrogens with zero attached hydrogens (tertiary/aromatic N) is 4. The Balaban J connectivity index is 1.42. The monoisotopic (exact) mass is 409 g/mol. The van der Waals surface area contributed by atoms with Gasteiger partial charge in [0.25, 0.3) is 5.56 Å². The van der Waals surface area contributed by atoms with Gasteiger partial charge in [-0.3, -0.25) is 20.1 Å². The Morgan fingerprint density at radius 3 is 2.71 bits per heavy atom. The van der Waals surface area contributed by atoms with E-state index in [1.165, 1.54) is 0 Å². The fourth-order valence-electron chi connectivity index (χ4n) is 3.54. The minimum Gasteiger partial charge on any atom is -0.324 e. The van der Waals surface area contributed by atoms with Gasteiger partial charge in [-0.05, 0) is 42.5 Å². The predicted octanol–water partition coefficient (Wildman–Crippen LogP) is 3.56. The van der Waals surface area contributed by atoms with E-state index in [1.54, 1.807) is 12.3 Å². The number of fused-ring (bicyclic) bond motifs is 3. The fraction of sp³-hybridized carbons (Fsp3) is 0. The number of hydrogen-bond acceptors (Lipinski definition) is 7. The summed E-state index contributed by atoms with van der Waals surface area (Å²) < 4.78 is 0. The zero-order chi connectivity index (χ0) is 20.8. The molecular formula is C21H15N9O. The van der Waals surface area contributed by atoms with Crippen LogP contribution in [0.5, 0.6) is 0 Å². The lowest BCUT2D eigenvalue weighted by Gasteiger charge is -2.11. The lowest BCUT2D eigenvalue weighted by Crippen LogP contribution is -2.03. The smallest absolute Gasteiger partial charge is 0.271 e. The number of hydrogen-bond donors (Lipinski definition) is 5. The van der Waals surface area contributed by atoms with Gasteiger partial charge >= 0.3 is 0 Å². The molecule has 10 heteroatoms. The summed E-state index contributed by atoms with van der Waals surface area (Å²) in [5.41, 5.74) is 2.69. The van der Waals surface area contributed by atoms with Gasteiger partial charge in [0.1, 0.15) is 11.6 Å². The lowest BCUT2D eigenvalue weighted by molar-refractivity contribution is 1.08. The van der Waals surface area contributed by atoms with Crippen LogP contribution in [0, 0.1) is 0 Å². The van der Waals surface area contributed by atoms with E-state index in [-0.39, 0.29) is 5.56 Å². The SMILES string of the molecule is O=c1[nH][nH]c2cc(Nc3nc(Nc4[nH]nc5ncccc45)c4ccccc4n3)ccc12. The average Bonchev–Trinajstić information content (AvgIpc) is 3.37. The highest BCUT2D eigenvalue weighted by Crippen LogP contribution is 2.28. The zero-order valence-corrected chi connectivity index (χ0v) is 16.0. The first kappa shape index (κ1) is 17.2. The van der Waals surface area contributed by atoms with Gasteiger partial charge in [-0.25, -0.2) is 9.97 Å². The van der Waals surface area contributed by atoms with Crippen LogP contribution in [0.2, 0.25) is 0 Å². The van der Waals surface area contributed by atoms with Gasteiger partial charge in [0.15, 0.2) is 5.65 Å².